The first-order valence-electron chi connectivity index (χ1n) is 5.21. The Morgan fingerprint density at radius 2 is 2.06 bits per heavy atom. The third-order valence-electron chi connectivity index (χ3n) is 2.42. The Hall–Kier alpha value is -1.60. The van der Waals surface area contributed by atoms with E-state index >= 15 is 0 Å². The lowest BCUT2D eigenvalue weighted by molar-refractivity contribution is 0.601. The Bertz CT molecular complexity index is 658. The molecule has 0 bridgehead atoms. The molecule has 2 aromatic rings. The number of nitrogens with zero attached hydrogens (tertiary/aromatic N) is 1. The Labute approximate surface area is 110 Å². The van der Waals surface area contributed by atoms with Crippen molar-refractivity contribution in [2.45, 2.75) is 18.7 Å². The largest absolute Gasteiger partial charge is 0.399 e. The normalized spacial score (nSPS) is 11.4. The monoisotopic (exact) mass is 283 g/mol. The van der Waals surface area contributed by atoms with Crippen LogP contribution in [-0.2, 0) is 10.0 Å². The maximum Gasteiger partial charge on any atom is 0.263 e. The number of sulfonamides is 1. The molecule has 0 aliphatic heterocycles. The fraction of sp³-hybridized carbons (Fsp3) is 0.182. The van der Waals surface area contributed by atoms with Crippen molar-refractivity contribution in [2.24, 2.45) is 0 Å². The van der Waals surface area contributed by atoms with E-state index in [1.54, 1.807) is 12.1 Å². The van der Waals surface area contributed by atoms with Gasteiger partial charge in [-0.25, -0.2) is 13.4 Å². The predicted molar refractivity (Wildman–Crippen MR) is 73.3 cm³/mol. The number of thiazole rings is 1. The number of benzene rings is 1. The van der Waals surface area contributed by atoms with E-state index in [1.807, 2.05) is 13.8 Å². The van der Waals surface area contributed by atoms with Crippen molar-refractivity contribution in [3.8, 4) is 0 Å². The number of nitrogen functional groups attached to an aromatic ring is 1. The Morgan fingerprint density at radius 3 is 2.61 bits per heavy atom. The number of hydrogen-bond acceptors (Lipinski definition) is 5. The highest BCUT2D eigenvalue weighted by Gasteiger charge is 2.16. The second kappa shape index (κ2) is 4.58. The highest BCUT2D eigenvalue weighted by Crippen LogP contribution is 2.24. The van der Waals surface area contributed by atoms with Crippen molar-refractivity contribution >= 4 is 32.2 Å². The summed E-state index contributed by atoms with van der Waals surface area (Å²) in [6, 6.07) is 6.14. The summed E-state index contributed by atoms with van der Waals surface area (Å²) in [5, 5.41) is 0.368. The van der Waals surface area contributed by atoms with Crippen molar-refractivity contribution in [1.82, 2.24) is 4.98 Å². The molecule has 7 heteroatoms. The van der Waals surface area contributed by atoms with Crippen LogP contribution in [-0.4, -0.2) is 13.4 Å². The summed E-state index contributed by atoms with van der Waals surface area (Å²) in [7, 11) is -3.62. The van der Waals surface area contributed by atoms with Gasteiger partial charge in [-0.3, -0.25) is 4.72 Å². The number of aromatic nitrogens is 1. The van der Waals surface area contributed by atoms with Gasteiger partial charge in [0.25, 0.3) is 10.0 Å². The second-order valence-corrected chi connectivity index (χ2v) is 6.72. The quantitative estimate of drug-likeness (QED) is 0.845. The summed E-state index contributed by atoms with van der Waals surface area (Å²) < 4.78 is 26.6. The molecule has 1 aromatic carbocycles. The van der Waals surface area contributed by atoms with Crippen LogP contribution >= 0.6 is 11.3 Å². The minimum absolute atomic E-state index is 0.132. The van der Waals surface area contributed by atoms with E-state index in [9.17, 15) is 8.42 Å². The van der Waals surface area contributed by atoms with Gasteiger partial charge < -0.3 is 5.73 Å². The zero-order chi connectivity index (χ0) is 13.3. The van der Waals surface area contributed by atoms with Gasteiger partial charge in [-0.15, -0.1) is 11.3 Å². The van der Waals surface area contributed by atoms with Crippen LogP contribution in [0.1, 0.15) is 10.6 Å². The highest BCUT2D eigenvalue weighted by molar-refractivity contribution is 7.93. The number of nitrogens with one attached hydrogen (secondary N) is 1. The number of rotatable bonds is 3. The van der Waals surface area contributed by atoms with E-state index in [1.165, 1.54) is 23.5 Å². The van der Waals surface area contributed by atoms with Crippen molar-refractivity contribution in [1.29, 1.82) is 0 Å². The summed E-state index contributed by atoms with van der Waals surface area (Å²) in [4.78, 5) is 5.26. The van der Waals surface area contributed by atoms with Crippen LogP contribution < -0.4 is 10.5 Å². The molecule has 0 spiro atoms. The van der Waals surface area contributed by atoms with Crippen LogP contribution in [0.25, 0.3) is 0 Å². The molecule has 3 N–H and O–H groups in total. The molecule has 0 unspecified atom stereocenters. The second-order valence-electron chi connectivity index (χ2n) is 3.84. The molecular formula is C11H13N3O2S2. The summed E-state index contributed by atoms with van der Waals surface area (Å²) in [5.41, 5.74) is 6.80. The summed E-state index contributed by atoms with van der Waals surface area (Å²) in [5.74, 6) is 0. The smallest absolute Gasteiger partial charge is 0.263 e. The van der Waals surface area contributed by atoms with Crippen LogP contribution in [0.2, 0.25) is 0 Å². The maximum absolute atomic E-state index is 12.1. The van der Waals surface area contributed by atoms with E-state index in [0.717, 1.165) is 10.6 Å². The average molecular weight is 283 g/mol. The standard InChI is InChI=1S/C11H13N3O2S2/c1-7-8(2)17-11(13-7)14-18(15,16)10-5-3-4-9(12)6-10/h3-6H,12H2,1-2H3,(H,13,14). The first-order valence-corrected chi connectivity index (χ1v) is 7.51. The molecule has 0 saturated heterocycles. The van der Waals surface area contributed by atoms with Crippen molar-refractivity contribution in [3.63, 3.8) is 0 Å². The third-order valence-corrected chi connectivity index (χ3v) is 4.87. The number of nitrogens with two attached hydrogens (primary N) is 1. The highest BCUT2D eigenvalue weighted by atomic mass is 32.2. The van der Waals surface area contributed by atoms with Crippen molar-refractivity contribution < 1.29 is 8.42 Å². The van der Waals surface area contributed by atoms with E-state index in [-0.39, 0.29) is 4.90 Å². The summed E-state index contributed by atoms with van der Waals surface area (Å²) in [6.45, 7) is 3.73. The number of anilines is 2. The van der Waals surface area contributed by atoms with Crippen LogP contribution in [0.4, 0.5) is 10.8 Å². The molecule has 96 valence electrons. The first-order chi connectivity index (χ1) is 8.38. The molecule has 0 saturated carbocycles. The van der Waals surface area contributed by atoms with Crippen LogP contribution in [0.5, 0.6) is 0 Å². The lowest BCUT2D eigenvalue weighted by Crippen LogP contribution is -2.13. The molecule has 1 heterocycles. The molecule has 0 amide bonds. The van der Waals surface area contributed by atoms with E-state index in [4.69, 9.17) is 5.73 Å². The molecule has 0 aliphatic carbocycles. The molecule has 0 radical (unpaired) electrons. The van der Waals surface area contributed by atoms with Gasteiger partial charge in [0.05, 0.1) is 10.6 Å². The van der Waals surface area contributed by atoms with Gasteiger partial charge in [0.15, 0.2) is 5.13 Å². The molecule has 5 nitrogen and oxygen atoms in total. The maximum atomic E-state index is 12.1. The van der Waals surface area contributed by atoms with Gasteiger partial charge in [0.1, 0.15) is 0 Å². The Morgan fingerprint density at radius 1 is 1.33 bits per heavy atom. The Kier molecular flexibility index (Phi) is 3.27. The Balaban J connectivity index is 2.33. The molecule has 0 aliphatic rings. The van der Waals surface area contributed by atoms with Gasteiger partial charge in [0, 0.05) is 10.6 Å². The molecule has 2 rings (SSSR count). The molecule has 1 aromatic heterocycles. The molecular weight excluding hydrogens is 270 g/mol. The summed E-state index contributed by atoms with van der Waals surface area (Å²) >= 11 is 1.31. The fourth-order valence-electron chi connectivity index (χ4n) is 1.37. The first kappa shape index (κ1) is 12.8. The van der Waals surface area contributed by atoms with Gasteiger partial charge in [-0.2, -0.15) is 0 Å². The van der Waals surface area contributed by atoms with Crippen molar-refractivity contribution in [2.75, 3.05) is 10.5 Å². The molecule has 0 atom stereocenters. The van der Waals surface area contributed by atoms with E-state index in [0.29, 0.717) is 10.8 Å². The van der Waals surface area contributed by atoms with Crippen molar-refractivity contribution in [3.05, 3.63) is 34.8 Å². The van der Waals surface area contributed by atoms with Gasteiger partial charge in [-0.05, 0) is 32.0 Å². The molecule has 18 heavy (non-hydrogen) atoms. The van der Waals surface area contributed by atoms with E-state index in [2.05, 4.69) is 9.71 Å². The minimum atomic E-state index is -3.62. The van der Waals surface area contributed by atoms with Gasteiger partial charge >= 0.3 is 0 Å². The van der Waals surface area contributed by atoms with Gasteiger partial charge in [0.2, 0.25) is 0 Å². The molecule has 0 fully saturated rings. The topological polar surface area (TPSA) is 85.1 Å². The zero-order valence-corrected chi connectivity index (χ0v) is 11.6. The lowest BCUT2D eigenvalue weighted by atomic mass is 10.3. The van der Waals surface area contributed by atoms with Crippen LogP contribution in [0.3, 0.4) is 0 Å². The number of aryl methyl sites for hydroxylation is 2. The van der Waals surface area contributed by atoms with Crippen LogP contribution in [0.15, 0.2) is 29.2 Å². The lowest BCUT2D eigenvalue weighted by Gasteiger charge is -2.05. The van der Waals surface area contributed by atoms with E-state index < -0.39 is 10.0 Å². The SMILES string of the molecule is Cc1nc(NS(=O)(=O)c2cccc(N)c2)sc1C. The minimum Gasteiger partial charge on any atom is -0.399 e. The fourth-order valence-corrected chi connectivity index (χ4v) is 3.48. The zero-order valence-electron chi connectivity index (χ0n) is 9.97. The average Bonchev–Trinajstić information content (AvgIpc) is 2.57. The number of hydrogen-bond donors (Lipinski definition) is 2. The van der Waals surface area contributed by atoms with Gasteiger partial charge in [-0.1, -0.05) is 6.07 Å². The summed E-state index contributed by atoms with van der Waals surface area (Å²) in [6.07, 6.45) is 0. The van der Waals surface area contributed by atoms with Crippen LogP contribution in [0, 0.1) is 13.8 Å². The third kappa shape index (κ3) is 2.62. The predicted octanol–water partition coefficient (Wildman–Crippen LogP) is 2.14.